The van der Waals surface area contributed by atoms with E-state index in [2.05, 4.69) is 67.7 Å². The summed E-state index contributed by atoms with van der Waals surface area (Å²) in [5.41, 5.74) is 5.43. The molecule has 0 aliphatic carbocycles. The lowest BCUT2D eigenvalue weighted by molar-refractivity contribution is -0.186. The van der Waals surface area contributed by atoms with E-state index in [9.17, 15) is 4.79 Å². The molecule has 2 N–H and O–H groups in total. The fraction of sp³-hybridized carbons (Fsp3) is 0.500. The van der Waals surface area contributed by atoms with Gasteiger partial charge in [0.2, 0.25) is 5.95 Å². The van der Waals surface area contributed by atoms with Crippen LogP contribution >= 0.6 is 0 Å². The summed E-state index contributed by atoms with van der Waals surface area (Å²) in [7, 11) is 2.10. The average molecular weight is 479 g/mol. The number of piperidine rings is 1. The van der Waals surface area contributed by atoms with Crippen molar-refractivity contribution in [3.05, 3.63) is 54.0 Å². The second-order valence-corrected chi connectivity index (χ2v) is 9.46. The van der Waals surface area contributed by atoms with Crippen LogP contribution in [0.15, 0.2) is 42.9 Å². The third kappa shape index (κ3) is 5.80. The van der Waals surface area contributed by atoms with E-state index in [1.807, 2.05) is 0 Å². The van der Waals surface area contributed by atoms with Gasteiger partial charge in [0.25, 0.3) is 5.91 Å². The fourth-order valence-corrected chi connectivity index (χ4v) is 4.90. The van der Waals surface area contributed by atoms with Gasteiger partial charge in [-0.25, -0.2) is 20.3 Å². The lowest BCUT2D eigenvalue weighted by Crippen LogP contribution is -2.38. The van der Waals surface area contributed by atoms with Crippen LogP contribution in [0.5, 0.6) is 0 Å². The van der Waals surface area contributed by atoms with Gasteiger partial charge < -0.3 is 19.5 Å². The molecule has 2 saturated heterocycles. The van der Waals surface area contributed by atoms with Crippen molar-refractivity contribution in [2.45, 2.75) is 44.9 Å². The number of ether oxygens (including phenoxy) is 1. The van der Waals surface area contributed by atoms with Crippen molar-refractivity contribution in [2.24, 2.45) is 13.0 Å². The molecule has 1 atom stereocenters. The van der Waals surface area contributed by atoms with Crippen molar-refractivity contribution >= 4 is 22.8 Å². The van der Waals surface area contributed by atoms with Crippen LogP contribution in [-0.4, -0.2) is 53.0 Å². The fourth-order valence-electron chi connectivity index (χ4n) is 4.90. The molecule has 3 aromatic rings. The van der Waals surface area contributed by atoms with Crippen molar-refractivity contribution in [3.8, 4) is 0 Å². The molecule has 186 valence electrons. The zero-order valence-electron chi connectivity index (χ0n) is 20.3. The molecule has 1 aromatic carbocycles. The lowest BCUT2D eigenvalue weighted by atomic mass is 9.97. The van der Waals surface area contributed by atoms with Crippen LogP contribution in [0.3, 0.4) is 0 Å². The molecular weight excluding hydrogens is 444 g/mol. The maximum absolute atomic E-state index is 12.3. The summed E-state index contributed by atoms with van der Waals surface area (Å²) in [5.74, 6) is 0.937. The number of carbonyl (C=O) groups excluding carboxylic acids is 1. The van der Waals surface area contributed by atoms with Gasteiger partial charge in [-0.05, 0) is 49.8 Å². The number of amides is 1. The Morgan fingerprint density at radius 2 is 1.94 bits per heavy atom. The summed E-state index contributed by atoms with van der Waals surface area (Å²) < 4.78 is 7.65. The summed E-state index contributed by atoms with van der Waals surface area (Å²) in [6.07, 6.45) is 9.98. The number of anilines is 1. The maximum atomic E-state index is 12.3. The minimum absolute atomic E-state index is 0.360. The van der Waals surface area contributed by atoms with Gasteiger partial charge in [-0.3, -0.25) is 4.79 Å². The molecule has 0 spiro atoms. The van der Waals surface area contributed by atoms with E-state index in [0.29, 0.717) is 24.0 Å². The summed E-state index contributed by atoms with van der Waals surface area (Å²) >= 11 is 0. The van der Waals surface area contributed by atoms with E-state index < -0.39 is 0 Å². The Morgan fingerprint density at radius 1 is 1.14 bits per heavy atom. The summed E-state index contributed by atoms with van der Waals surface area (Å²) in [4.78, 5) is 28.7. The second kappa shape index (κ2) is 11.2. The molecule has 1 amide bonds. The van der Waals surface area contributed by atoms with Crippen molar-refractivity contribution in [1.29, 1.82) is 0 Å². The number of nitrogens with zero attached hydrogens (tertiary/aromatic N) is 4. The van der Waals surface area contributed by atoms with Crippen LogP contribution in [-0.2, 0) is 23.2 Å². The van der Waals surface area contributed by atoms with Crippen LogP contribution in [0.2, 0.25) is 0 Å². The first kappa shape index (κ1) is 23.7. The Bertz CT molecular complexity index is 1120. The number of hydrogen-bond donors (Lipinski definition) is 2. The van der Waals surface area contributed by atoms with Gasteiger partial charge in [-0.2, -0.15) is 0 Å². The van der Waals surface area contributed by atoms with Crippen molar-refractivity contribution < 1.29 is 14.4 Å². The molecular formula is C26H34N6O3. The molecule has 2 fully saturated rings. The Kier molecular flexibility index (Phi) is 7.56. The molecule has 2 aromatic heterocycles. The van der Waals surface area contributed by atoms with Crippen molar-refractivity contribution in [2.75, 3.05) is 31.1 Å². The number of rotatable bonds is 8. The van der Waals surface area contributed by atoms with E-state index >= 15 is 0 Å². The number of aryl methyl sites for hydroxylation is 1. The number of fused-ring (bicyclic) bond motifs is 1. The van der Waals surface area contributed by atoms with Crippen LogP contribution in [0.1, 0.15) is 48.0 Å². The molecule has 0 unspecified atom stereocenters. The van der Waals surface area contributed by atoms with Gasteiger partial charge in [-0.15, -0.1) is 0 Å². The first-order chi connectivity index (χ1) is 17.2. The molecule has 9 heteroatoms. The number of aromatic nitrogens is 3. The van der Waals surface area contributed by atoms with Gasteiger partial charge in [0.15, 0.2) is 6.29 Å². The normalized spacial score (nSPS) is 19.2. The number of hydrogen-bond acceptors (Lipinski definition) is 7. The predicted molar refractivity (Wildman–Crippen MR) is 134 cm³/mol. The van der Waals surface area contributed by atoms with Crippen LogP contribution in [0.25, 0.3) is 10.9 Å². The standard InChI is InChI=1S/C26H34N6O3/c1-31-18-21(22-6-2-3-7-23(22)31)15-27-14-19-9-11-32(12-10-19)26-28-16-20(17-29-26)25(33)30-35-24-8-4-5-13-34-24/h2-3,6-7,16-19,24,27H,4-5,8-15H2,1H3,(H,30,33)/t24-/m0/s1. The quantitative estimate of drug-likeness (QED) is 0.481. The molecule has 5 rings (SSSR count). The van der Waals surface area contributed by atoms with Crippen LogP contribution < -0.4 is 15.7 Å². The number of hydroxylamine groups is 1. The number of carbonyl (C=O) groups is 1. The highest BCUT2D eigenvalue weighted by atomic mass is 16.8. The monoisotopic (exact) mass is 478 g/mol. The summed E-state index contributed by atoms with van der Waals surface area (Å²) in [5, 5.41) is 4.98. The zero-order chi connectivity index (χ0) is 24.0. The summed E-state index contributed by atoms with van der Waals surface area (Å²) in [6.45, 7) is 4.37. The first-order valence-electron chi connectivity index (χ1n) is 12.6. The predicted octanol–water partition coefficient (Wildman–Crippen LogP) is 3.16. The van der Waals surface area contributed by atoms with E-state index in [0.717, 1.165) is 58.3 Å². The number of benzene rings is 1. The molecule has 9 nitrogen and oxygen atoms in total. The highest BCUT2D eigenvalue weighted by Gasteiger charge is 2.22. The smallest absolute Gasteiger partial charge is 0.278 e. The largest absolute Gasteiger partial charge is 0.350 e. The van der Waals surface area contributed by atoms with Gasteiger partial charge in [0, 0.05) is 69.2 Å². The van der Waals surface area contributed by atoms with E-state index in [-0.39, 0.29) is 12.2 Å². The lowest BCUT2D eigenvalue weighted by Gasteiger charge is -2.32. The van der Waals surface area contributed by atoms with E-state index in [4.69, 9.17) is 9.57 Å². The maximum Gasteiger partial charge on any atom is 0.278 e. The second-order valence-electron chi connectivity index (χ2n) is 9.46. The Morgan fingerprint density at radius 3 is 2.71 bits per heavy atom. The van der Waals surface area contributed by atoms with Crippen molar-refractivity contribution in [1.82, 2.24) is 25.3 Å². The zero-order valence-corrected chi connectivity index (χ0v) is 20.3. The van der Waals surface area contributed by atoms with Gasteiger partial charge in [0.05, 0.1) is 5.56 Å². The Labute approximate surface area is 205 Å². The third-order valence-corrected chi connectivity index (χ3v) is 6.95. The molecule has 2 aliphatic rings. The van der Waals surface area contributed by atoms with Crippen LogP contribution in [0.4, 0.5) is 5.95 Å². The highest BCUT2D eigenvalue weighted by Crippen LogP contribution is 2.22. The molecule has 0 radical (unpaired) electrons. The van der Waals surface area contributed by atoms with Gasteiger partial charge in [-0.1, -0.05) is 18.2 Å². The van der Waals surface area contributed by atoms with Gasteiger partial charge in [0.1, 0.15) is 0 Å². The first-order valence-corrected chi connectivity index (χ1v) is 12.6. The van der Waals surface area contributed by atoms with Crippen molar-refractivity contribution in [3.63, 3.8) is 0 Å². The number of nitrogens with one attached hydrogen (secondary N) is 2. The van der Waals surface area contributed by atoms with Gasteiger partial charge >= 0.3 is 0 Å². The molecule has 0 saturated carbocycles. The van der Waals surface area contributed by atoms with E-state index in [1.165, 1.54) is 16.5 Å². The molecule has 4 heterocycles. The molecule has 0 bridgehead atoms. The molecule has 2 aliphatic heterocycles. The van der Waals surface area contributed by atoms with Crippen LogP contribution in [0, 0.1) is 5.92 Å². The summed E-state index contributed by atoms with van der Waals surface area (Å²) in [6, 6.07) is 8.54. The highest BCUT2D eigenvalue weighted by molar-refractivity contribution is 5.92. The topological polar surface area (TPSA) is 93.5 Å². The molecule has 35 heavy (non-hydrogen) atoms. The minimum Gasteiger partial charge on any atom is -0.350 e. The SMILES string of the molecule is Cn1cc(CNCC2CCN(c3ncc(C(=O)NO[C@H]4CCCCO4)cn3)CC2)c2ccccc21. The third-order valence-electron chi connectivity index (χ3n) is 6.95. The Balaban J connectivity index is 1.05. The average Bonchev–Trinajstić information content (AvgIpc) is 3.24. The minimum atomic E-state index is -0.379. The number of para-hydroxylation sites is 1. The van der Waals surface area contributed by atoms with E-state index in [1.54, 1.807) is 12.4 Å². The Hall–Kier alpha value is -3.01.